The van der Waals surface area contributed by atoms with E-state index in [9.17, 15) is 8.78 Å². The Bertz CT molecular complexity index is 423. The fourth-order valence-electron chi connectivity index (χ4n) is 2.85. The molecule has 1 aromatic rings. The zero-order chi connectivity index (χ0) is 13.8. The first kappa shape index (κ1) is 14.4. The van der Waals surface area contributed by atoms with Crippen LogP contribution in [0, 0.1) is 17.6 Å². The number of benzene rings is 1. The number of nitrogens with zero attached hydrogens (tertiary/aromatic N) is 1. The summed E-state index contributed by atoms with van der Waals surface area (Å²) in [6, 6.07) is 3.67. The molecule has 2 rings (SSSR count). The van der Waals surface area contributed by atoms with Gasteiger partial charge in [0.2, 0.25) is 0 Å². The summed E-state index contributed by atoms with van der Waals surface area (Å²) in [7, 11) is 0. The minimum absolute atomic E-state index is 0.254. The van der Waals surface area contributed by atoms with Crippen LogP contribution in [0.1, 0.15) is 37.8 Å². The zero-order valence-electron chi connectivity index (χ0n) is 11.4. The molecule has 1 heterocycles. The lowest BCUT2D eigenvalue weighted by atomic mass is 10.0. The van der Waals surface area contributed by atoms with E-state index in [4.69, 9.17) is 5.73 Å². The summed E-state index contributed by atoms with van der Waals surface area (Å²) in [6.45, 7) is 5.05. The van der Waals surface area contributed by atoms with Crippen LogP contribution in [0.4, 0.5) is 8.78 Å². The van der Waals surface area contributed by atoms with Crippen molar-refractivity contribution in [2.45, 2.75) is 32.2 Å². The van der Waals surface area contributed by atoms with Crippen LogP contribution in [-0.4, -0.2) is 24.5 Å². The SMILES string of the molecule is CCCC1CCN(CC(N)c2ccc(F)c(F)c2)C1. The van der Waals surface area contributed by atoms with Crippen molar-refractivity contribution in [1.82, 2.24) is 4.90 Å². The lowest BCUT2D eigenvalue weighted by molar-refractivity contribution is 0.300. The van der Waals surface area contributed by atoms with Crippen LogP contribution in [0.2, 0.25) is 0 Å². The molecule has 106 valence electrons. The van der Waals surface area contributed by atoms with Crippen molar-refractivity contribution < 1.29 is 8.78 Å². The molecule has 1 aromatic carbocycles. The number of halogens is 2. The Kier molecular flexibility index (Phi) is 4.88. The molecule has 0 aliphatic carbocycles. The van der Waals surface area contributed by atoms with Gasteiger partial charge in [-0.3, -0.25) is 0 Å². The maximum atomic E-state index is 13.2. The minimum atomic E-state index is -0.821. The molecule has 2 atom stereocenters. The summed E-state index contributed by atoms with van der Waals surface area (Å²) in [5.74, 6) is -0.875. The summed E-state index contributed by atoms with van der Waals surface area (Å²) < 4.78 is 26.0. The molecule has 2 unspecified atom stereocenters. The van der Waals surface area contributed by atoms with Gasteiger partial charge < -0.3 is 10.6 Å². The van der Waals surface area contributed by atoms with Crippen molar-refractivity contribution in [3.63, 3.8) is 0 Å². The van der Waals surface area contributed by atoms with E-state index < -0.39 is 11.6 Å². The quantitative estimate of drug-likeness (QED) is 0.889. The van der Waals surface area contributed by atoms with Crippen molar-refractivity contribution in [3.8, 4) is 0 Å². The van der Waals surface area contributed by atoms with Crippen LogP contribution < -0.4 is 5.73 Å². The molecule has 0 spiro atoms. The second-order valence-electron chi connectivity index (χ2n) is 5.48. The molecule has 0 amide bonds. The van der Waals surface area contributed by atoms with Crippen LogP contribution in [0.25, 0.3) is 0 Å². The maximum absolute atomic E-state index is 13.2. The summed E-state index contributed by atoms with van der Waals surface area (Å²) in [6.07, 6.45) is 3.70. The summed E-state index contributed by atoms with van der Waals surface area (Å²) in [5, 5.41) is 0. The highest BCUT2D eigenvalue weighted by Crippen LogP contribution is 2.23. The van der Waals surface area contributed by atoms with E-state index in [1.165, 1.54) is 25.3 Å². The summed E-state index contributed by atoms with van der Waals surface area (Å²) >= 11 is 0. The summed E-state index contributed by atoms with van der Waals surface area (Å²) in [5.41, 5.74) is 6.75. The van der Waals surface area contributed by atoms with Gasteiger partial charge in [-0.05, 0) is 43.0 Å². The van der Waals surface area contributed by atoms with Gasteiger partial charge in [0.25, 0.3) is 0 Å². The first-order valence-corrected chi connectivity index (χ1v) is 7.03. The average molecular weight is 268 g/mol. The highest BCUT2D eigenvalue weighted by Gasteiger charge is 2.23. The monoisotopic (exact) mass is 268 g/mol. The first-order valence-electron chi connectivity index (χ1n) is 7.03. The summed E-state index contributed by atoms with van der Waals surface area (Å²) in [4.78, 5) is 2.33. The molecule has 1 aliphatic rings. The third-order valence-electron chi connectivity index (χ3n) is 3.89. The van der Waals surface area contributed by atoms with Crippen LogP contribution in [0.15, 0.2) is 18.2 Å². The van der Waals surface area contributed by atoms with E-state index in [1.807, 2.05) is 0 Å². The zero-order valence-corrected chi connectivity index (χ0v) is 11.4. The molecule has 0 aromatic heterocycles. The third kappa shape index (κ3) is 3.74. The van der Waals surface area contributed by atoms with Crippen LogP contribution in [0.3, 0.4) is 0 Å². The molecule has 1 fully saturated rings. The van der Waals surface area contributed by atoms with Gasteiger partial charge in [0.15, 0.2) is 11.6 Å². The average Bonchev–Trinajstić information content (AvgIpc) is 2.80. The molecule has 2 nitrogen and oxygen atoms in total. The van der Waals surface area contributed by atoms with Crippen molar-refractivity contribution in [2.75, 3.05) is 19.6 Å². The molecule has 0 radical (unpaired) electrons. The van der Waals surface area contributed by atoms with Crippen LogP contribution in [0.5, 0.6) is 0 Å². The largest absolute Gasteiger partial charge is 0.323 e. The fraction of sp³-hybridized carbons (Fsp3) is 0.600. The Morgan fingerprint density at radius 2 is 2.16 bits per heavy atom. The van der Waals surface area contributed by atoms with E-state index in [-0.39, 0.29) is 6.04 Å². The molecule has 0 saturated carbocycles. The number of rotatable bonds is 5. The lowest BCUT2D eigenvalue weighted by Crippen LogP contribution is -2.30. The van der Waals surface area contributed by atoms with E-state index in [0.29, 0.717) is 12.1 Å². The second-order valence-corrected chi connectivity index (χ2v) is 5.48. The Morgan fingerprint density at radius 3 is 2.84 bits per heavy atom. The molecule has 4 heteroatoms. The van der Waals surface area contributed by atoms with Gasteiger partial charge >= 0.3 is 0 Å². The van der Waals surface area contributed by atoms with E-state index in [2.05, 4.69) is 11.8 Å². The standard InChI is InChI=1S/C15H22F2N2/c1-2-3-11-6-7-19(9-11)10-15(18)12-4-5-13(16)14(17)8-12/h4-5,8,11,15H,2-3,6-7,9-10,18H2,1H3. The van der Waals surface area contributed by atoms with Gasteiger partial charge in [-0.25, -0.2) is 8.78 Å². The number of nitrogens with two attached hydrogens (primary N) is 1. The molecular weight excluding hydrogens is 246 g/mol. The maximum Gasteiger partial charge on any atom is 0.159 e. The number of hydrogen-bond donors (Lipinski definition) is 1. The van der Waals surface area contributed by atoms with Crippen molar-refractivity contribution in [3.05, 3.63) is 35.4 Å². The van der Waals surface area contributed by atoms with E-state index in [1.54, 1.807) is 6.07 Å². The molecule has 0 bridgehead atoms. The Morgan fingerprint density at radius 1 is 1.37 bits per heavy atom. The second kappa shape index (κ2) is 6.44. The highest BCUT2D eigenvalue weighted by atomic mass is 19.2. The van der Waals surface area contributed by atoms with Gasteiger partial charge in [-0.15, -0.1) is 0 Å². The lowest BCUT2D eigenvalue weighted by Gasteiger charge is -2.21. The highest BCUT2D eigenvalue weighted by molar-refractivity contribution is 5.21. The molecular formula is C15H22F2N2. The van der Waals surface area contributed by atoms with Crippen LogP contribution >= 0.6 is 0 Å². The first-order chi connectivity index (χ1) is 9.10. The molecule has 1 aliphatic heterocycles. The number of likely N-dealkylation sites (tertiary alicyclic amines) is 1. The van der Waals surface area contributed by atoms with Gasteiger partial charge in [0.1, 0.15) is 0 Å². The Hall–Kier alpha value is -1.00. The predicted molar refractivity (Wildman–Crippen MR) is 72.7 cm³/mol. The van der Waals surface area contributed by atoms with Gasteiger partial charge in [0.05, 0.1) is 0 Å². The van der Waals surface area contributed by atoms with Crippen molar-refractivity contribution in [1.29, 1.82) is 0 Å². The van der Waals surface area contributed by atoms with E-state index in [0.717, 1.165) is 25.1 Å². The third-order valence-corrected chi connectivity index (χ3v) is 3.89. The molecule has 1 saturated heterocycles. The van der Waals surface area contributed by atoms with Crippen molar-refractivity contribution in [2.24, 2.45) is 11.7 Å². The van der Waals surface area contributed by atoms with Crippen LogP contribution in [-0.2, 0) is 0 Å². The smallest absolute Gasteiger partial charge is 0.159 e. The molecule has 19 heavy (non-hydrogen) atoms. The number of hydrogen-bond acceptors (Lipinski definition) is 2. The Balaban J connectivity index is 1.90. The van der Waals surface area contributed by atoms with Gasteiger partial charge in [-0.2, -0.15) is 0 Å². The fourth-order valence-corrected chi connectivity index (χ4v) is 2.85. The van der Waals surface area contributed by atoms with E-state index >= 15 is 0 Å². The van der Waals surface area contributed by atoms with Gasteiger partial charge in [0, 0.05) is 19.1 Å². The topological polar surface area (TPSA) is 29.3 Å². The molecule has 2 N–H and O–H groups in total. The van der Waals surface area contributed by atoms with Gasteiger partial charge in [-0.1, -0.05) is 19.4 Å². The van der Waals surface area contributed by atoms with Crippen molar-refractivity contribution >= 4 is 0 Å². The predicted octanol–water partition coefficient (Wildman–Crippen LogP) is 3.09. The minimum Gasteiger partial charge on any atom is -0.323 e. The Labute approximate surface area is 113 Å². The normalized spacial score (nSPS) is 21.8.